The summed E-state index contributed by atoms with van der Waals surface area (Å²) in [5.41, 5.74) is 0.945. The molecule has 1 saturated carbocycles. The highest BCUT2D eigenvalue weighted by molar-refractivity contribution is 5.19. The zero-order chi connectivity index (χ0) is 14.9. The lowest BCUT2D eigenvalue weighted by Gasteiger charge is -2.33. The summed E-state index contributed by atoms with van der Waals surface area (Å²) in [5, 5.41) is 31.4. The van der Waals surface area contributed by atoms with Crippen LogP contribution in [-0.4, -0.2) is 33.6 Å². The van der Waals surface area contributed by atoms with Crippen LogP contribution in [0.2, 0.25) is 0 Å². The van der Waals surface area contributed by atoms with Crippen LogP contribution < -0.4 is 0 Å². The van der Waals surface area contributed by atoms with E-state index in [4.69, 9.17) is 0 Å². The average Bonchev–Trinajstić information content (AvgIpc) is 2.55. The van der Waals surface area contributed by atoms with Gasteiger partial charge in [-0.2, -0.15) is 0 Å². The van der Waals surface area contributed by atoms with Crippen molar-refractivity contribution < 1.29 is 15.3 Å². The van der Waals surface area contributed by atoms with Crippen LogP contribution in [0.1, 0.15) is 52.9 Å². The molecule has 1 fully saturated rings. The molecule has 2 aliphatic carbocycles. The largest absolute Gasteiger partial charge is 0.392 e. The Morgan fingerprint density at radius 1 is 1.00 bits per heavy atom. The van der Waals surface area contributed by atoms with Crippen molar-refractivity contribution >= 4 is 0 Å². The van der Waals surface area contributed by atoms with Crippen molar-refractivity contribution in [3.8, 4) is 0 Å². The van der Waals surface area contributed by atoms with E-state index < -0.39 is 18.3 Å². The van der Waals surface area contributed by atoms with Crippen LogP contribution in [0.25, 0.3) is 0 Å². The van der Waals surface area contributed by atoms with Gasteiger partial charge < -0.3 is 15.3 Å². The Balaban J connectivity index is 2.20. The molecule has 116 valence electrons. The van der Waals surface area contributed by atoms with E-state index in [-0.39, 0.29) is 17.8 Å². The molecule has 3 N–H and O–H groups in total. The van der Waals surface area contributed by atoms with E-state index in [9.17, 15) is 15.3 Å². The van der Waals surface area contributed by atoms with Crippen LogP contribution in [0.5, 0.6) is 0 Å². The maximum Gasteiger partial charge on any atom is 0.0781 e. The third-order valence-electron chi connectivity index (χ3n) is 5.55. The maximum atomic E-state index is 10.7. The molecule has 0 bridgehead atoms. The third kappa shape index (κ3) is 3.10. The van der Waals surface area contributed by atoms with Gasteiger partial charge in [0, 0.05) is 17.8 Å². The van der Waals surface area contributed by atoms with Crippen molar-refractivity contribution in [1.82, 2.24) is 0 Å². The first kappa shape index (κ1) is 16.0. The zero-order valence-corrected chi connectivity index (χ0v) is 13.0. The van der Waals surface area contributed by atoms with Crippen molar-refractivity contribution in [2.75, 3.05) is 0 Å². The highest BCUT2D eigenvalue weighted by Gasteiger charge is 2.38. The summed E-state index contributed by atoms with van der Waals surface area (Å²) in [5.74, 6) is 0.0640. The lowest BCUT2D eigenvalue weighted by atomic mass is 9.77. The molecule has 0 spiro atoms. The Morgan fingerprint density at radius 3 is 2.20 bits per heavy atom. The fourth-order valence-corrected chi connectivity index (χ4v) is 3.98. The van der Waals surface area contributed by atoms with Gasteiger partial charge in [-0.25, -0.2) is 0 Å². The van der Waals surface area contributed by atoms with Gasteiger partial charge in [0.25, 0.3) is 0 Å². The number of rotatable bonds is 2. The van der Waals surface area contributed by atoms with E-state index in [0.29, 0.717) is 5.92 Å². The van der Waals surface area contributed by atoms with Crippen molar-refractivity contribution in [3.05, 3.63) is 11.6 Å². The SMILES string of the molecule is C[C@H]1[C@@H](O)[C@@H](C)C([C@@H](O)C2CCCCC2)=C[C@@H](C)[C@H]1O. The molecule has 3 nitrogen and oxygen atoms in total. The van der Waals surface area contributed by atoms with Crippen LogP contribution in [0.15, 0.2) is 11.6 Å². The van der Waals surface area contributed by atoms with Gasteiger partial charge in [0.2, 0.25) is 0 Å². The third-order valence-corrected chi connectivity index (χ3v) is 5.55. The fourth-order valence-electron chi connectivity index (χ4n) is 3.98. The summed E-state index contributed by atoms with van der Waals surface area (Å²) >= 11 is 0. The minimum Gasteiger partial charge on any atom is -0.392 e. The van der Waals surface area contributed by atoms with Gasteiger partial charge in [-0.3, -0.25) is 0 Å². The molecular weight excluding hydrogens is 252 g/mol. The summed E-state index contributed by atoms with van der Waals surface area (Å²) in [6.07, 6.45) is 6.25. The van der Waals surface area contributed by atoms with Crippen molar-refractivity contribution in [3.63, 3.8) is 0 Å². The van der Waals surface area contributed by atoms with Crippen LogP contribution in [0.4, 0.5) is 0 Å². The van der Waals surface area contributed by atoms with Gasteiger partial charge in [0.1, 0.15) is 0 Å². The summed E-state index contributed by atoms with van der Waals surface area (Å²) < 4.78 is 0. The maximum absolute atomic E-state index is 10.7. The molecule has 0 heterocycles. The first-order valence-corrected chi connectivity index (χ1v) is 8.19. The first-order valence-electron chi connectivity index (χ1n) is 8.19. The number of hydrogen-bond acceptors (Lipinski definition) is 3. The molecule has 0 aromatic heterocycles. The molecule has 0 aromatic carbocycles. The zero-order valence-electron chi connectivity index (χ0n) is 13.0. The second-order valence-corrected chi connectivity index (χ2v) is 7.00. The standard InChI is InChI=1S/C17H30O3/c1-10-9-14(11(2)16(19)12(3)15(10)18)17(20)13-7-5-4-6-8-13/h9-13,15-20H,4-8H2,1-3H3/t10-,11+,12-,15-,16+,17+/m1/s1. The monoisotopic (exact) mass is 282 g/mol. The van der Waals surface area contributed by atoms with E-state index in [1.54, 1.807) is 0 Å². The molecule has 0 radical (unpaired) electrons. The van der Waals surface area contributed by atoms with E-state index in [1.807, 2.05) is 26.8 Å². The smallest absolute Gasteiger partial charge is 0.0781 e. The number of hydrogen-bond donors (Lipinski definition) is 3. The molecule has 0 saturated heterocycles. The van der Waals surface area contributed by atoms with Gasteiger partial charge in [0.05, 0.1) is 18.3 Å². The molecule has 0 aliphatic heterocycles. The van der Waals surface area contributed by atoms with Gasteiger partial charge in [0.15, 0.2) is 0 Å². The van der Waals surface area contributed by atoms with Gasteiger partial charge in [-0.15, -0.1) is 0 Å². The lowest BCUT2D eigenvalue weighted by molar-refractivity contribution is -0.0111. The molecule has 2 rings (SSSR count). The summed E-state index contributed by atoms with van der Waals surface area (Å²) in [7, 11) is 0. The molecule has 0 amide bonds. The van der Waals surface area contributed by atoms with Gasteiger partial charge in [-0.05, 0) is 24.3 Å². The van der Waals surface area contributed by atoms with E-state index in [2.05, 4.69) is 0 Å². The Kier molecular flexibility index (Phi) is 5.27. The highest BCUT2D eigenvalue weighted by Crippen LogP contribution is 2.37. The molecular formula is C17H30O3. The van der Waals surface area contributed by atoms with Crippen LogP contribution >= 0.6 is 0 Å². The average molecular weight is 282 g/mol. The van der Waals surface area contributed by atoms with Crippen molar-refractivity contribution in [2.24, 2.45) is 23.7 Å². The quantitative estimate of drug-likeness (QED) is 0.682. The molecule has 0 unspecified atom stereocenters. The van der Waals surface area contributed by atoms with E-state index in [0.717, 1.165) is 18.4 Å². The Hall–Kier alpha value is -0.380. The van der Waals surface area contributed by atoms with Crippen LogP contribution in [0.3, 0.4) is 0 Å². The minimum absolute atomic E-state index is 0.0159. The molecule has 3 heteroatoms. The lowest BCUT2D eigenvalue weighted by Crippen LogP contribution is -2.37. The second kappa shape index (κ2) is 6.59. The second-order valence-electron chi connectivity index (χ2n) is 7.00. The number of aliphatic hydroxyl groups excluding tert-OH is 3. The fraction of sp³-hybridized carbons (Fsp3) is 0.882. The Labute approximate surface area is 122 Å². The normalized spacial score (nSPS) is 41.9. The Morgan fingerprint density at radius 2 is 1.60 bits per heavy atom. The highest BCUT2D eigenvalue weighted by atomic mass is 16.3. The molecule has 20 heavy (non-hydrogen) atoms. The molecule has 2 aliphatic rings. The molecule has 0 aromatic rings. The van der Waals surface area contributed by atoms with Crippen molar-refractivity contribution in [1.29, 1.82) is 0 Å². The van der Waals surface area contributed by atoms with E-state index >= 15 is 0 Å². The summed E-state index contributed by atoms with van der Waals surface area (Å²) in [6, 6.07) is 0. The van der Waals surface area contributed by atoms with E-state index in [1.165, 1.54) is 19.3 Å². The number of aliphatic hydroxyl groups is 3. The van der Waals surface area contributed by atoms with Gasteiger partial charge >= 0.3 is 0 Å². The predicted molar refractivity (Wildman–Crippen MR) is 80.2 cm³/mol. The van der Waals surface area contributed by atoms with Crippen LogP contribution in [0, 0.1) is 23.7 Å². The topological polar surface area (TPSA) is 60.7 Å². The molecule has 6 atom stereocenters. The first-order chi connectivity index (χ1) is 9.43. The van der Waals surface area contributed by atoms with Gasteiger partial charge in [-0.1, -0.05) is 46.1 Å². The van der Waals surface area contributed by atoms with Crippen molar-refractivity contribution in [2.45, 2.75) is 71.2 Å². The minimum atomic E-state index is -0.584. The Bertz CT molecular complexity index is 346. The summed E-state index contributed by atoms with van der Waals surface area (Å²) in [6.45, 7) is 5.84. The predicted octanol–water partition coefficient (Wildman–Crippen LogP) is 2.50. The summed E-state index contributed by atoms with van der Waals surface area (Å²) in [4.78, 5) is 0. The van der Waals surface area contributed by atoms with Crippen LogP contribution in [-0.2, 0) is 0 Å².